The van der Waals surface area contributed by atoms with Crippen LogP contribution in [-0.2, 0) is 4.74 Å². The van der Waals surface area contributed by atoms with Crippen molar-refractivity contribution in [1.82, 2.24) is 0 Å². The van der Waals surface area contributed by atoms with E-state index in [4.69, 9.17) is 9.84 Å². The van der Waals surface area contributed by atoms with Crippen molar-refractivity contribution in [2.45, 2.75) is 0 Å². The third kappa shape index (κ3) is 7.02. The highest BCUT2D eigenvalue weighted by molar-refractivity contribution is 4.79. The highest BCUT2D eigenvalue weighted by Gasteiger charge is 1.65. The lowest BCUT2D eigenvalue weighted by Crippen LogP contribution is -1.76. The van der Waals surface area contributed by atoms with Crippen LogP contribution in [0.4, 0.5) is 0 Å². The zero-order valence-electron chi connectivity index (χ0n) is 5.21. The summed E-state index contributed by atoms with van der Waals surface area (Å²) in [5.41, 5.74) is 2.60. The molecule has 0 aromatic carbocycles. The number of aliphatic hydroxyl groups excluding tert-OH is 1. The van der Waals surface area contributed by atoms with Gasteiger partial charge in [-0.15, -0.1) is 0 Å². The summed E-state index contributed by atoms with van der Waals surface area (Å²) in [6.45, 7) is 3.92. The van der Waals surface area contributed by atoms with Crippen LogP contribution >= 0.6 is 0 Å². The molecule has 0 heterocycles. The van der Waals surface area contributed by atoms with Gasteiger partial charge in [-0.2, -0.15) is 0 Å². The number of hydrogen-bond donors (Lipinski definition) is 1. The third-order valence-electron chi connectivity index (χ3n) is 0.575. The lowest BCUT2D eigenvalue weighted by Gasteiger charge is -1.87. The van der Waals surface area contributed by atoms with Gasteiger partial charge in [0.1, 0.15) is 12.9 Å². The fourth-order valence-electron chi connectivity index (χ4n) is 0.265. The molecule has 0 rings (SSSR count). The zero-order valence-corrected chi connectivity index (χ0v) is 5.21. The van der Waals surface area contributed by atoms with Crippen molar-refractivity contribution < 1.29 is 9.84 Å². The van der Waals surface area contributed by atoms with Crippen molar-refractivity contribution in [1.29, 1.82) is 0 Å². The summed E-state index contributed by atoms with van der Waals surface area (Å²) in [6.07, 6.45) is 4.48. The molecule has 9 heavy (non-hydrogen) atoms. The first-order valence-corrected chi connectivity index (χ1v) is 2.64. The van der Waals surface area contributed by atoms with E-state index < -0.39 is 0 Å². The second-order valence-corrected chi connectivity index (χ2v) is 1.29. The second kappa shape index (κ2) is 7.02. The van der Waals surface area contributed by atoms with Crippen LogP contribution in [0.5, 0.6) is 0 Å². The predicted octanol–water partition coefficient (Wildman–Crippen LogP) is 0.850. The van der Waals surface area contributed by atoms with Gasteiger partial charge in [0.25, 0.3) is 0 Å². The molecule has 0 aromatic heterocycles. The summed E-state index contributed by atoms with van der Waals surface area (Å²) in [5, 5.41) is 8.21. The summed E-state index contributed by atoms with van der Waals surface area (Å²) in [4.78, 5) is 0. The van der Waals surface area contributed by atoms with E-state index in [-0.39, 0.29) is 6.61 Å². The SMILES string of the molecule is C=CCOC=C=CCO. The van der Waals surface area contributed by atoms with Crippen LogP contribution in [0.3, 0.4) is 0 Å². The largest absolute Gasteiger partial charge is 0.489 e. The van der Waals surface area contributed by atoms with Gasteiger partial charge in [0.05, 0.1) is 6.61 Å². The molecule has 2 nitrogen and oxygen atoms in total. The second-order valence-electron chi connectivity index (χ2n) is 1.29. The molecule has 0 radical (unpaired) electrons. The van der Waals surface area contributed by atoms with E-state index in [9.17, 15) is 0 Å². The van der Waals surface area contributed by atoms with Gasteiger partial charge >= 0.3 is 0 Å². The Kier molecular flexibility index (Phi) is 6.26. The maximum absolute atomic E-state index is 8.21. The van der Waals surface area contributed by atoms with E-state index in [1.165, 1.54) is 12.3 Å². The average Bonchev–Trinajstić information content (AvgIpc) is 1.89. The summed E-state index contributed by atoms with van der Waals surface area (Å²) < 4.78 is 4.79. The molecule has 0 saturated heterocycles. The highest BCUT2D eigenvalue weighted by Crippen LogP contribution is 1.74. The maximum Gasteiger partial charge on any atom is 0.125 e. The molecule has 0 spiro atoms. The molecule has 0 atom stereocenters. The van der Waals surface area contributed by atoms with Crippen molar-refractivity contribution in [3.8, 4) is 0 Å². The molecule has 0 saturated carbocycles. The topological polar surface area (TPSA) is 29.5 Å². The Labute approximate surface area is 54.8 Å². The minimum Gasteiger partial charge on any atom is -0.489 e. The van der Waals surface area contributed by atoms with Gasteiger partial charge in [0, 0.05) is 0 Å². The molecule has 50 valence electrons. The summed E-state index contributed by atoms with van der Waals surface area (Å²) in [5.74, 6) is 0. The average molecular weight is 126 g/mol. The fraction of sp³-hybridized carbons (Fsp3) is 0.286. The van der Waals surface area contributed by atoms with E-state index in [1.807, 2.05) is 0 Å². The Hall–Kier alpha value is -0.980. The molecule has 0 bridgehead atoms. The van der Waals surface area contributed by atoms with E-state index in [1.54, 1.807) is 6.08 Å². The smallest absolute Gasteiger partial charge is 0.125 e. The maximum atomic E-state index is 8.21. The van der Waals surface area contributed by atoms with E-state index in [0.717, 1.165) is 0 Å². The molecule has 0 fully saturated rings. The van der Waals surface area contributed by atoms with Gasteiger partial charge in [-0.25, -0.2) is 0 Å². The summed E-state index contributed by atoms with van der Waals surface area (Å²) in [7, 11) is 0. The van der Waals surface area contributed by atoms with E-state index in [0.29, 0.717) is 6.61 Å². The first-order chi connectivity index (χ1) is 4.41. The molecule has 0 aliphatic heterocycles. The van der Waals surface area contributed by atoms with Crippen LogP contribution in [0, 0.1) is 0 Å². The number of ether oxygens (including phenoxy) is 1. The van der Waals surface area contributed by atoms with Crippen LogP contribution < -0.4 is 0 Å². The van der Waals surface area contributed by atoms with Crippen molar-refractivity contribution in [2.75, 3.05) is 13.2 Å². The van der Waals surface area contributed by atoms with Gasteiger partial charge in [-0.05, 0) is 6.08 Å². The molecule has 2 heteroatoms. The Balaban J connectivity index is 3.23. The standard InChI is InChI=1S/C7H10O2/c1-2-6-9-7-4-3-5-8/h2-3,7-8H,1,5-6H2. The Bertz CT molecular complexity index is 121. The molecule has 0 unspecified atom stereocenters. The Morgan fingerprint density at radius 3 is 3.00 bits per heavy atom. The number of hydrogen-bond acceptors (Lipinski definition) is 2. The quantitative estimate of drug-likeness (QED) is 0.262. The van der Waals surface area contributed by atoms with E-state index in [2.05, 4.69) is 12.3 Å². The van der Waals surface area contributed by atoms with Crippen LogP contribution in [0.15, 0.2) is 30.7 Å². The normalized spacial score (nSPS) is 7.22. The predicted molar refractivity (Wildman–Crippen MR) is 35.9 cm³/mol. The molecule has 0 aliphatic carbocycles. The van der Waals surface area contributed by atoms with Crippen LogP contribution in [0.1, 0.15) is 0 Å². The van der Waals surface area contributed by atoms with Crippen molar-refractivity contribution in [3.05, 3.63) is 30.7 Å². The van der Waals surface area contributed by atoms with Crippen LogP contribution in [0.25, 0.3) is 0 Å². The highest BCUT2D eigenvalue weighted by atomic mass is 16.5. The van der Waals surface area contributed by atoms with Gasteiger partial charge in [0.15, 0.2) is 0 Å². The van der Waals surface area contributed by atoms with Crippen LogP contribution in [0.2, 0.25) is 0 Å². The Morgan fingerprint density at radius 2 is 2.44 bits per heavy atom. The first-order valence-electron chi connectivity index (χ1n) is 2.64. The summed E-state index contributed by atoms with van der Waals surface area (Å²) >= 11 is 0. The van der Waals surface area contributed by atoms with Gasteiger partial charge < -0.3 is 9.84 Å². The third-order valence-corrected chi connectivity index (χ3v) is 0.575. The number of rotatable bonds is 4. The minimum absolute atomic E-state index is 0.00600. The van der Waals surface area contributed by atoms with Crippen molar-refractivity contribution in [2.24, 2.45) is 0 Å². The molecule has 1 N–H and O–H groups in total. The van der Waals surface area contributed by atoms with Crippen LogP contribution in [-0.4, -0.2) is 18.3 Å². The molecule has 0 amide bonds. The number of aliphatic hydroxyl groups is 1. The van der Waals surface area contributed by atoms with Gasteiger partial charge in [-0.1, -0.05) is 18.4 Å². The lowest BCUT2D eigenvalue weighted by molar-refractivity contribution is 0.290. The monoisotopic (exact) mass is 126 g/mol. The first kappa shape index (κ1) is 8.02. The minimum atomic E-state index is -0.00600. The molecular weight excluding hydrogens is 116 g/mol. The van der Waals surface area contributed by atoms with Crippen molar-refractivity contribution >= 4 is 0 Å². The van der Waals surface area contributed by atoms with Gasteiger partial charge in [0.2, 0.25) is 0 Å². The van der Waals surface area contributed by atoms with Crippen molar-refractivity contribution in [3.63, 3.8) is 0 Å². The van der Waals surface area contributed by atoms with E-state index >= 15 is 0 Å². The zero-order chi connectivity index (χ0) is 6.95. The summed E-state index contributed by atoms with van der Waals surface area (Å²) in [6, 6.07) is 0. The lowest BCUT2D eigenvalue weighted by atomic mass is 10.6. The molecule has 0 aromatic rings. The van der Waals surface area contributed by atoms with Gasteiger partial charge in [-0.3, -0.25) is 0 Å². The Morgan fingerprint density at radius 1 is 1.67 bits per heavy atom. The molecular formula is C7H10O2. The molecule has 0 aliphatic rings. The fourth-order valence-corrected chi connectivity index (χ4v) is 0.265.